The molecule has 0 aromatic heterocycles. The normalized spacial score (nSPS) is 11.2. The van der Waals surface area contributed by atoms with Gasteiger partial charge in [0.1, 0.15) is 11.5 Å². The highest BCUT2D eigenvalue weighted by atomic mass is 35.5. The third-order valence-electron chi connectivity index (χ3n) is 2.10. The number of benzene rings is 1. The number of hydrogen-bond acceptors (Lipinski definition) is 4. The van der Waals surface area contributed by atoms with Gasteiger partial charge in [-0.05, 0) is 12.1 Å². The number of nitrogens with one attached hydrogen (secondary N) is 1. The van der Waals surface area contributed by atoms with Crippen molar-refractivity contribution in [1.82, 2.24) is 4.72 Å². The highest BCUT2D eigenvalue weighted by molar-refractivity contribution is 7.92. The first-order chi connectivity index (χ1) is 8.35. The van der Waals surface area contributed by atoms with Crippen molar-refractivity contribution < 1.29 is 13.2 Å². The van der Waals surface area contributed by atoms with Gasteiger partial charge in [0.2, 0.25) is 10.0 Å². The number of nitrogens with two attached hydrogens (primary N) is 1. The van der Waals surface area contributed by atoms with Gasteiger partial charge in [0.15, 0.2) is 0 Å². The Hall–Kier alpha value is -0.890. The smallest absolute Gasteiger partial charge is 0.218 e. The van der Waals surface area contributed by atoms with Crippen molar-refractivity contribution in [3.05, 3.63) is 28.8 Å². The number of hydrogen-bond donors (Lipinski definition) is 2. The topological polar surface area (TPSA) is 81.4 Å². The molecule has 0 spiro atoms. The van der Waals surface area contributed by atoms with Crippen molar-refractivity contribution in [2.75, 3.05) is 12.9 Å². The molecule has 0 saturated carbocycles. The molecule has 5 nitrogen and oxygen atoms in total. The van der Waals surface area contributed by atoms with Gasteiger partial charge in [0.05, 0.1) is 12.1 Å². The third kappa shape index (κ3) is 4.41. The van der Waals surface area contributed by atoms with E-state index < -0.39 is 15.8 Å². The molecule has 0 aliphatic carbocycles. The van der Waals surface area contributed by atoms with Gasteiger partial charge in [-0.3, -0.25) is 0 Å². The Morgan fingerprint density at radius 1 is 1.56 bits per heavy atom. The molecule has 1 rings (SSSR count). The number of methoxy groups -OCH3 is 1. The van der Waals surface area contributed by atoms with E-state index in [2.05, 4.69) is 16.9 Å². The fourth-order valence-electron chi connectivity index (χ4n) is 1.32. The van der Waals surface area contributed by atoms with Crippen molar-refractivity contribution in [3.8, 4) is 5.75 Å². The maximum atomic E-state index is 11.6. The second-order valence-electron chi connectivity index (χ2n) is 3.47. The molecular formula is C10H13ClN2O3S2. The Morgan fingerprint density at radius 3 is 2.78 bits per heavy atom. The average molecular weight is 309 g/mol. The summed E-state index contributed by atoms with van der Waals surface area (Å²) < 4.78 is 30.6. The highest BCUT2D eigenvalue weighted by Crippen LogP contribution is 2.25. The molecule has 0 fully saturated rings. The summed E-state index contributed by atoms with van der Waals surface area (Å²) in [7, 11) is -2.07. The second kappa shape index (κ2) is 6.33. The summed E-state index contributed by atoms with van der Waals surface area (Å²) in [6.45, 7) is 0.0216. The van der Waals surface area contributed by atoms with Crippen molar-refractivity contribution in [2.45, 2.75) is 6.54 Å². The number of rotatable bonds is 6. The van der Waals surface area contributed by atoms with E-state index in [-0.39, 0.29) is 11.5 Å². The van der Waals surface area contributed by atoms with Gasteiger partial charge in [0, 0.05) is 17.1 Å². The minimum Gasteiger partial charge on any atom is -0.496 e. The van der Waals surface area contributed by atoms with E-state index in [4.69, 9.17) is 22.1 Å². The van der Waals surface area contributed by atoms with Gasteiger partial charge in [-0.15, -0.1) is 0 Å². The third-order valence-corrected chi connectivity index (χ3v) is 4.05. The molecule has 100 valence electrons. The van der Waals surface area contributed by atoms with E-state index in [9.17, 15) is 8.42 Å². The molecule has 1 aromatic carbocycles. The van der Waals surface area contributed by atoms with E-state index in [1.807, 2.05) is 0 Å². The number of ether oxygens (including phenoxy) is 1. The van der Waals surface area contributed by atoms with Crippen LogP contribution in [0.4, 0.5) is 0 Å². The van der Waals surface area contributed by atoms with Gasteiger partial charge in [-0.1, -0.05) is 29.9 Å². The quantitative estimate of drug-likeness (QED) is 0.768. The number of sulfonamides is 1. The Kier molecular flexibility index (Phi) is 5.33. The largest absolute Gasteiger partial charge is 0.496 e. The summed E-state index contributed by atoms with van der Waals surface area (Å²) in [6, 6.07) is 5.07. The van der Waals surface area contributed by atoms with Crippen LogP contribution in [0, 0.1) is 0 Å². The molecule has 18 heavy (non-hydrogen) atoms. The molecule has 1 aromatic rings. The maximum Gasteiger partial charge on any atom is 0.218 e. The fourth-order valence-corrected chi connectivity index (χ4v) is 2.86. The lowest BCUT2D eigenvalue weighted by molar-refractivity contribution is 0.409. The molecule has 0 radical (unpaired) electrons. The van der Waals surface area contributed by atoms with Crippen LogP contribution in [0.1, 0.15) is 5.56 Å². The zero-order valence-corrected chi connectivity index (χ0v) is 12.0. The van der Waals surface area contributed by atoms with Crippen molar-refractivity contribution in [3.63, 3.8) is 0 Å². The van der Waals surface area contributed by atoms with Gasteiger partial charge >= 0.3 is 0 Å². The molecule has 0 atom stereocenters. The summed E-state index contributed by atoms with van der Waals surface area (Å²) in [4.78, 5) is -0.0892. The van der Waals surface area contributed by atoms with Crippen LogP contribution in [0.25, 0.3) is 0 Å². The van der Waals surface area contributed by atoms with Crippen molar-refractivity contribution >= 4 is 38.8 Å². The molecule has 8 heteroatoms. The van der Waals surface area contributed by atoms with Crippen molar-refractivity contribution in [1.29, 1.82) is 0 Å². The lowest BCUT2D eigenvalue weighted by Gasteiger charge is -2.11. The molecule has 0 saturated heterocycles. The van der Waals surface area contributed by atoms with E-state index >= 15 is 0 Å². The Balaban J connectivity index is 2.84. The lowest BCUT2D eigenvalue weighted by Crippen LogP contribution is -2.32. The summed E-state index contributed by atoms with van der Waals surface area (Å²) in [6.07, 6.45) is 0. The van der Waals surface area contributed by atoms with Crippen LogP contribution in [-0.4, -0.2) is 26.3 Å². The zero-order chi connectivity index (χ0) is 13.8. The van der Waals surface area contributed by atoms with Crippen LogP contribution in [0.15, 0.2) is 18.2 Å². The molecule has 0 aliphatic heterocycles. The molecule has 0 heterocycles. The monoisotopic (exact) mass is 308 g/mol. The zero-order valence-electron chi connectivity index (χ0n) is 9.64. The fraction of sp³-hybridized carbons (Fsp3) is 0.300. The summed E-state index contributed by atoms with van der Waals surface area (Å²) in [5.74, 6) is 0.121. The minimum absolute atomic E-state index is 0.0216. The summed E-state index contributed by atoms with van der Waals surface area (Å²) in [5.41, 5.74) is 5.76. The number of halogens is 1. The SMILES string of the molecule is COc1cccc(Cl)c1CNS(=O)(=O)CC(N)=S. The van der Waals surface area contributed by atoms with Gasteiger partial charge in [-0.25, -0.2) is 13.1 Å². The van der Waals surface area contributed by atoms with E-state index in [0.29, 0.717) is 16.3 Å². The predicted octanol–water partition coefficient (Wildman–Crippen LogP) is 1.05. The van der Waals surface area contributed by atoms with E-state index in [0.717, 1.165) is 0 Å². The van der Waals surface area contributed by atoms with Crippen LogP contribution in [0.2, 0.25) is 5.02 Å². The maximum absolute atomic E-state index is 11.6. The molecule has 0 aliphatic rings. The first-order valence-corrected chi connectivity index (χ1v) is 7.36. The Morgan fingerprint density at radius 2 is 2.22 bits per heavy atom. The van der Waals surface area contributed by atoms with Crippen LogP contribution in [-0.2, 0) is 16.6 Å². The van der Waals surface area contributed by atoms with Crippen LogP contribution in [0.5, 0.6) is 5.75 Å². The van der Waals surface area contributed by atoms with Crippen molar-refractivity contribution in [2.24, 2.45) is 5.73 Å². The van der Waals surface area contributed by atoms with Crippen LogP contribution >= 0.6 is 23.8 Å². The minimum atomic E-state index is -3.55. The van der Waals surface area contributed by atoms with E-state index in [1.165, 1.54) is 7.11 Å². The molecule has 3 N–H and O–H groups in total. The first kappa shape index (κ1) is 15.2. The lowest BCUT2D eigenvalue weighted by atomic mass is 10.2. The standard InChI is InChI=1S/C10H13ClN2O3S2/c1-16-9-4-2-3-8(11)7(9)5-13-18(14,15)6-10(12)17/h2-4,13H,5-6H2,1H3,(H2,12,17). The second-order valence-corrected chi connectivity index (χ2v) is 6.21. The molecule has 0 bridgehead atoms. The van der Waals surface area contributed by atoms with Gasteiger partial charge in [0.25, 0.3) is 0 Å². The van der Waals surface area contributed by atoms with Gasteiger partial charge in [-0.2, -0.15) is 0 Å². The van der Waals surface area contributed by atoms with Crippen LogP contribution < -0.4 is 15.2 Å². The molecular weight excluding hydrogens is 296 g/mol. The summed E-state index contributed by atoms with van der Waals surface area (Å²) in [5, 5.41) is 0.423. The number of thiocarbonyl (C=S) groups is 1. The van der Waals surface area contributed by atoms with Gasteiger partial charge < -0.3 is 10.5 Å². The Bertz CT molecular complexity index is 546. The first-order valence-electron chi connectivity index (χ1n) is 4.92. The predicted molar refractivity (Wildman–Crippen MR) is 75.4 cm³/mol. The average Bonchev–Trinajstić information content (AvgIpc) is 2.25. The summed E-state index contributed by atoms with van der Waals surface area (Å²) >= 11 is 10.5. The van der Waals surface area contributed by atoms with Crippen LogP contribution in [0.3, 0.4) is 0 Å². The Labute approximate surface area is 116 Å². The highest BCUT2D eigenvalue weighted by Gasteiger charge is 2.14. The molecule has 0 amide bonds. The van der Waals surface area contributed by atoms with E-state index in [1.54, 1.807) is 18.2 Å². The molecule has 0 unspecified atom stereocenters.